The highest BCUT2D eigenvalue weighted by Gasteiger charge is 2.76. The van der Waals surface area contributed by atoms with Crippen molar-refractivity contribution in [1.29, 1.82) is 5.26 Å². The van der Waals surface area contributed by atoms with Gasteiger partial charge in [-0.25, -0.2) is 4.79 Å². The first kappa shape index (κ1) is 18.2. The lowest BCUT2D eigenvalue weighted by Gasteiger charge is -2.34. The van der Waals surface area contributed by atoms with Crippen molar-refractivity contribution < 1.29 is 19.1 Å². The van der Waals surface area contributed by atoms with Gasteiger partial charge in [0, 0.05) is 5.41 Å². The Morgan fingerprint density at radius 3 is 2.04 bits per heavy atom. The molecular formula is C23H21NO4. The van der Waals surface area contributed by atoms with Crippen LogP contribution in [-0.4, -0.2) is 17.5 Å². The molecule has 5 nitrogen and oxygen atoms in total. The summed E-state index contributed by atoms with van der Waals surface area (Å²) in [6.45, 7) is 5.67. The van der Waals surface area contributed by atoms with Gasteiger partial charge < -0.3 is 9.47 Å². The first-order chi connectivity index (χ1) is 13.2. The van der Waals surface area contributed by atoms with E-state index in [1.165, 1.54) is 0 Å². The summed E-state index contributed by atoms with van der Waals surface area (Å²) in [5.41, 5.74) is -0.00517. The first-order valence-corrected chi connectivity index (χ1v) is 9.30. The van der Waals surface area contributed by atoms with Crippen molar-refractivity contribution in [2.24, 2.45) is 10.8 Å². The maximum atomic E-state index is 13.0. The quantitative estimate of drug-likeness (QED) is 0.592. The molecule has 1 heterocycles. The number of esters is 2. The van der Waals surface area contributed by atoms with Gasteiger partial charge in [-0.2, -0.15) is 5.26 Å². The molecule has 0 amide bonds. The Labute approximate surface area is 163 Å². The van der Waals surface area contributed by atoms with Gasteiger partial charge in [-0.05, 0) is 55.2 Å². The average molecular weight is 375 g/mol. The van der Waals surface area contributed by atoms with Gasteiger partial charge >= 0.3 is 11.9 Å². The van der Waals surface area contributed by atoms with E-state index in [9.17, 15) is 9.59 Å². The van der Waals surface area contributed by atoms with Crippen molar-refractivity contribution in [2.75, 3.05) is 0 Å². The second kappa shape index (κ2) is 5.93. The molecule has 2 aromatic carbocycles. The third-order valence-electron chi connectivity index (χ3n) is 6.83. The predicted octanol–water partition coefficient (Wildman–Crippen LogP) is 4.25. The van der Waals surface area contributed by atoms with Crippen LogP contribution in [0.5, 0.6) is 5.75 Å². The second-order valence-corrected chi connectivity index (χ2v) is 8.28. The zero-order chi connectivity index (χ0) is 20.2. The lowest BCUT2D eigenvalue weighted by Crippen LogP contribution is -2.50. The van der Waals surface area contributed by atoms with E-state index in [0.29, 0.717) is 24.2 Å². The minimum absolute atomic E-state index is 0.322. The van der Waals surface area contributed by atoms with E-state index < -0.39 is 22.4 Å². The summed E-state index contributed by atoms with van der Waals surface area (Å²) in [7, 11) is 0. The number of carbonyl (C=O) groups excluding carboxylic acids is 2. The molecule has 1 aliphatic carbocycles. The number of ether oxygens (including phenoxy) is 2. The molecule has 0 spiro atoms. The van der Waals surface area contributed by atoms with Gasteiger partial charge in [-0.15, -0.1) is 0 Å². The highest BCUT2D eigenvalue weighted by atomic mass is 16.6. The summed E-state index contributed by atoms with van der Waals surface area (Å²) in [5, 5.41) is 8.89. The van der Waals surface area contributed by atoms with Gasteiger partial charge in [0.25, 0.3) is 0 Å². The number of hydrogen-bond donors (Lipinski definition) is 0. The summed E-state index contributed by atoms with van der Waals surface area (Å²) >= 11 is 0. The molecule has 0 aromatic heterocycles. The van der Waals surface area contributed by atoms with Crippen molar-refractivity contribution in [1.82, 2.24) is 0 Å². The van der Waals surface area contributed by atoms with Gasteiger partial charge in [0.05, 0.1) is 17.0 Å². The van der Waals surface area contributed by atoms with Gasteiger partial charge in [0.15, 0.2) is 0 Å². The molecule has 1 saturated carbocycles. The number of carbonyl (C=O) groups is 2. The van der Waals surface area contributed by atoms with Crippen molar-refractivity contribution in [3.8, 4) is 22.9 Å². The summed E-state index contributed by atoms with van der Waals surface area (Å²) in [6.07, 6.45) is 1.09. The Balaban J connectivity index is 1.54. The maximum Gasteiger partial charge on any atom is 0.356 e. The zero-order valence-electron chi connectivity index (χ0n) is 16.1. The minimum Gasteiger partial charge on any atom is -0.446 e. The van der Waals surface area contributed by atoms with Crippen LogP contribution in [0, 0.1) is 22.2 Å². The summed E-state index contributed by atoms with van der Waals surface area (Å²) in [4.78, 5) is 25.3. The van der Waals surface area contributed by atoms with E-state index in [1.807, 2.05) is 45.0 Å². The highest BCUT2D eigenvalue weighted by molar-refractivity contribution is 5.94. The van der Waals surface area contributed by atoms with Crippen molar-refractivity contribution in [3.05, 3.63) is 54.1 Å². The fraction of sp³-hybridized carbons (Fsp3) is 0.348. The third-order valence-corrected chi connectivity index (χ3v) is 6.83. The number of hydrogen-bond acceptors (Lipinski definition) is 5. The average Bonchev–Trinajstić information content (AvgIpc) is 2.99. The van der Waals surface area contributed by atoms with Crippen molar-refractivity contribution >= 4 is 11.9 Å². The highest BCUT2D eigenvalue weighted by Crippen LogP contribution is 2.65. The van der Waals surface area contributed by atoms with E-state index in [1.54, 1.807) is 24.3 Å². The third kappa shape index (κ3) is 2.31. The molecule has 0 unspecified atom stereocenters. The van der Waals surface area contributed by atoms with Crippen LogP contribution in [-0.2, 0) is 14.3 Å². The van der Waals surface area contributed by atoms with E-state index in [2.05, 4.69) is 6.07 Å². The predicted molar refractivity (Wildman–Crippen MR) is 102 cm³/mol. The molecule has 4 rings (SSSR count). The lowest BCUT2D eigenvalue weighted by molar-refractivity contribution is -0.176. The molecule has 28 heavy (non-hydrogen) atoms. The Hall–Kier alpha value is -3.13. The van der Waals surface area contributed by atoms with Crippen LogP contribution in [0.4, 0.5) is 0 Å². The van der Waals surface area contributed by atoms with Crippen LogP contribution in [0.2, 0.25) is 0 Å². The van der Waals surface area contributed by atoms with Crippen LogP contribution in [0.15, 0.2) is 48.5 Å². The normalized spacial score (nSPS) is 27.1. The Morgan fingerprint density at radius 1 is 1.00 bits per heavy atom. The number of nitrogens with zero attached hydrogens (tertiary/aromatic N) is 1. The lowest BCUT2D eigenvalue weighted by atomic mass is 9.66. The molecular weight excluding hydrogens is 354 g/mol. The molecule has 2 aromatic rings. The van der Waals surface area contributed by atoms with E-state index >= 15 is 0 Å². The second-order valence-electron chi connectivity index (χ2n) is 8.28. The smallest absolute Gasteiger partial charge is 0.356 e. The molecule has 142 valence electrons. The summed E-state index contributed by atoms with van der Waals surface area (Å²) in [6, 6.07) is 16.5. The Morgan fingerprint density at radius 2 is 1.57 bits per heavy atom. The summed E-state index contributed by atoms with van der Waals surface area (Å²) < 4.78 is 11.2. The number of benzene rings is 2. The number of nitriles is 1. The minimum atomic E-state index is -1.23. The molecule has 2 fully saturated rings. The number of rotatable bonds is 3. The van der Waals surface area contributed by atoms with E-state index in [-0.39, 0.29) is 5.97 Å². The molecule has 5 heteroatoms. The van der Waals surface area contributed by atoms with E-state index in [4.69, 9.17) is 14.7 Å². The standard InChI is InChI=1S/C23H21NO4/c1-21(2)22(3)12-13-23(21,28-19(22)25)20(26)27-18-10-8-17(9-11-18)16-6-4-15(14-24)5-7-16/h4-11H,12-13H2,1-3H3/t22-,23-/m0/s1. The fourth-order valence-corrected chi connectivity index (χ4v) is 4.34. The molecule has 0 radical (unpaired) electrons. The van der Waals surface area contributed by atoms with E-state index in [0.717, 1.165) is 11.1 Å². The number of fused-ring (bicyclic) bond motifs is 2. The van der Waals surface area contributed by atoms with Crippen LogP contribution < -0.4 is 4.74 Å². The molecule has 2 aliphatic rings. The zero-order valence-corrected chi connectivity index (χ0v) is 16.1. The molecule has 1 saturated heterocycles. The van der Waals surface area contributed by atoms with Gasteiger partial charge in [-0.1, -0.05) is 38.1 Å². The Bertz CT molecular complexity index is 1000. The van der Waals surface area contributed by atoms with Crippen molar-refractivity contribution in [2.45, 2.75) is 39.2 Å². The molecule has 2 atom stereocenters. The van der Waals surface area contributed by atoms with Crippen LogP contribution in [0.1, 0.15) is 39.2 Å². The van der Waals surface area contributed by atoms with Crippen LogP contribution in [0.25, 0.3) is 11.1 Å². The largest absolute Gasteiger partial charge is 0.446 e. The molecule has 1 aliphatic heterocycles. The van der Waals surface area contributed by atoms with Crippen molar-refractivity contribution in [3.63, 3.8) is 0 Å². The molecule has 2 bridgehead atoms. The maximum absolute atomic E-state index is 13.0. The van der Waals surface area contributed by atoms with Gasteiger partial charge in [0.1, 0.15) is 5.75 Å². The SMILES string of the molecule is CC1(C)[C@@]2(C)CC[C@@]1(C(=O)Oc1ccc(-c3ccc(C#N)cc3)cc1)OC2=O. The first-order valence-electron chi connectivity index (χ1n) is 9.30. The van der Waals surface area contributed by atoms with Gasteiger partial charge in [-0.3, -0.25) is 4.79 Å². The van der Waals surface area contributed by atoms with Crippen LogP contribution in [0.3, 0.4) is 0 Å². The Kier molecular flexibility index (Phi) is 3.87. The van der Waals surface area contributed by atoms with Crippen LogP contribution >= 0.6 is 0 Å². The monoisotopic (exact) mass is 375 g/mol. The summed E-state index contributed by atoms with van der Waals surface area (Å²) in [5.74, 6) is -0.431. The molecule has 0 N–H and O–H groups in total. The van der Waals surface area contributed by atoms with Gasteiger partial charge in [0.2, 0.25) is 5.60 Å². The fourth-order valence-electron chi connectivity index (χ4n) is 4.34. The topological polar surface area (TPSA) is 76.4 Å².